The van der Waals surface area contributed by atoms with Crippen LogP contribution in [0.3, 0.4) is 0 Å². The standard InChI is InChI=1S/C23H48O4.O.Ti/c1-7-13-15-20(9-3)17-23(27-25,18-21(10-4)16-14-8-2)22(11-5,12-6)19-26-24;;/h20-21,24-25H,7-19H2,1-6H3;;. The van der Waals surface area contributed by atoms with Crippen molar-refractivity contribution in [3.8, 4) is 0 Å². The second-order valence-electron chi connectivity index (χ2n) is 8.59. The van der Waals surface area contributed by atoms with Crippen molar-refractivity contribution in [1.29, 1.82) is 0 Å². The van der Waals surface area contributed by atoms with Gasteiger partial charge < -0.3 is 0 Å². The van der Waals surface area contributed by atoms with Crippen LogP contribution < -0.4 is 0 Å². The van der Waals surface area contributed by atoms with Gasteiger partial charge in [0.05, 0.1) is 6.61 Å². The number of unbranched alkanes of at least 4 members (excludes halogenated alkanes) is 2. The summed E-state index contributed by atoms with van der Waals surface area (Å²) in [4.78, 5) is 10.2. The van der Waals surface area contributed by atoms with Crippen LogP contribution in [0.25, 0.3) is 0 Å². The van der Waals surface area contributed by atoms with Gasteiger partial charge in [-0.2, -0.15) is 0 Å². The summed E-state index contributed by atoms with van der Waals surface area (Å²) in [6.07, 6.45) is 12.5. The Kier molecular flexibility index (Phi) is 20.7. The van der Waals surface area contributed by atoms with Crippen LogP contribution in [-0.2, 0) is 33.5 Å². The molecule has 0 aliphatic rings. The van der Waals surface area contributed by atoms with Crippen LogP contribution >= 0.6 is 0 Å². The van der Waals surface area contributed by atoms with Crippen molar-refractivity contribution in [3.63, 3.8) is 0 Å². The molecule has 174 valence electrons. The van der Waals surface area contributed by atoms with Gasteiger partial charge in [0.25, 0.3) is 0 Å². The molecule has 6 heteroatoms. The maximum atomic E-state index is 10.3. The van der Waals surface area contributed by atoms with Crippen molar-refractivity contribution in [3.05, 3.63) is 0 Å². The molecule has 0 aliphatic carbocycles. The first-order valence-corrected chi connectivity index (χ1v) is 12.4. The topological polar surface area (TPSA) is 76.0 Å². The van der Waals surface area contributed by atoms with Gasteiger partial charge in [0.1, 0.15) is 5.60 Å². The van der Waals surface area contributed by atoms with E-state index in [-0.39, 0.29) is 6.61 Å². The van der Waals surface area contributed by atoms with E-state index in [0.29, 0.717) is 11.8 Å². The van der Waals surface area contributed by atoms with E-state index in [1.807, 2.05) is 0 Å². The summed E-state index contributed by atoms with van der Waals surface area (Å²) >= 11 is 0.750. The van der Waals surface area contributed by atoms with Gasteiger partial charge >= 0.3 is 23.7 Å². The Labute approximate surface area is 191 Å². The van der Waals surface area contributed by atoms with E-state index in [2.05, 4.69) is 41.5 Å². The second-order valence-corrected chi connectivity index (χ2v) is 8.59. The van der Waals surface area contributed by atoms with Gasteiger partial charge in [-0.05, 0) is 37.5 Å². The minimum absolute atomic E-state index is 0.203. The predicted octanol–water partition coefficient (Wildman–Crippen LogP) is 7.60. The quantitative estimate of drug-likeness (QED) is 0.127. The molecule has 0 saturated carbocycles. The van der Waals surface area contributed by atoms with Crippen molar-refractivity contribution in [1.82, 2.24) is 0 Å². The van der Waals surface area contributed by atoms with Crippen molar-refractivity contribution in [2.45, 2.75) is 124 Å². The summed E-state index contributed by atoms with van der Waals surface area (Å²) in [6.45, 7) is 13.4. The molecule has 0 aromatic heterocycles. The van der Waals surface area contributed by atoms with Gasteiger partial charge in [0.15, 0.2) is 0 Å². The number of hydrogen-bond acceptors (Lipinski definition) is 5. The van der Waals surface area contributed by atoms with Gasteiger partial charge in [0, 0.05) is 5.41 Å². The molecule has 29 heavy (non-hydrogen) atoms. The third kappa shape index (κ3) is 10.0. The Morgan fingerprint density at radius 1 is 0.793 bits per heavy atom. The third-order valence-corrected chi connectivity index (χ3v) is 7.16. The molecule has 2 atom stereocenters. The predicted molar refractivity (Wildman–Crippen MR) is 115 cm³/mol. The van der Waals surface area contributed by atoms with Crippen LogP contribution in [0, 0.1) is 17.3 Å². The Bertz CT molecular complexity index is 345. The molecular weight excluding hydrogens is 404 g/mol. The molecule has 0 rings (SSSR count). The number of rotatable bonds is 18. The first-order chi connectivity index (χ1) is 14.0. The van der Waals surface area contributed by atoms with E-state index >= 15 is 0 Å². The van der Waals surface area contributed by atoms with E-state index in [0.717, 1.165) is 71.8 Å². The summed E-state index contributed by atoms with van der Waals surface area (Å²) in [6, 6.07) is 0. The Balaban J connectivity index is 0. The van der Waals surface area contributed by atoms with Gasteiger partial charge in [-0.3, -0.25) is 10.5 Å². The fourth-order valence-electron chi connectivity index (χ4n) is 4.86. The molecule has 0 heterocycles. The van der Waals surface area contributed by atoms with Gasteiger partial charge in [0.2, 0.25) is 0 Å². The maximum absolute atomic E-state index is 10.3. The van der Waals surface area contributed by atoms with Crippen LogP contribution in [-0.4, -0.2) is 22.7 Å². The zero-order valence-corrected chi connectivity index (χ0v) is 21.5. The zero-order valence-electron chi connectivity index (χ0n) is 20.0. The van der Waals surface area contributed by atoms with Crippen LogP contribution in [0.1, 0.15) is 119 Å². The van der Waals surface area contributed by atoms with E-state index < -0.39 is 11.0 Å². The molecule has 0 fully saturated rings. The van der Waals surface area contributed by atoms with E-state index in [1.54, 1.807) is 0 Å². The Morgan fingerprint density at radius 2 is 1.21 bits per heavy atom. The zero-order chi connectivity index (χ0) is 22.8. The number of hydrogen-bond donors (Lipinski definition) is 2. The summed E-state index contributed by atoms with van der Waals surface area (Å²) < 4.78 is 8.25. The fraction of sp³-hybridized carbons (Fsp3) is 1.00. The molecule has 0 aliphatic heterocycles. The molecule has 0 spiro atoms. The summed E-state index contributed by atoms with van der Waals surface area (Å²) in [5.41, 5.74) is -1.07. The average molecular weight is 452 g/mol. The van der Waals surface area contributed by atoms with Crippen LogP contribution in [0.15, 0.2) is 0 Å². The van der Waals surface area contributed by atoms with Crippen molar-refractivity contribution < 1.29 is 44.0 Å². The van der Waals surface area contributed by atoms with Gasteiger partial charge in [-0.15, -0.1) is 0 Å². The molecule has 0 saturated heterocycles. The minimum atomic E-state index is -0.679. The van der Waals surface area contributed by atoms with Gasteiger partial charge in [-0.25, -0.2) is 9.78 Å². The third-order valence-electron chi connectivity index (χ3n) is 7.16. The fourth-order valence-corrected chi connectivity index (χ4v) is 4.86. The first kappa shape index (κ1) is 31.5. The molecule has 2 unspecified atom stereocenters. The normalized spacial score (nSPS) is 15.8. The SMILES string of the molecule is CCCCC(CC)CC(CC(CC)CCCC)(OO)C(CC)(CC)COO.[O]=[Ti]. The van der Waals surface area contributed by atoms with Gasteiger partial charge in [-0.1, -0.05) is 92.9 Å². The molecule has 0 radical (unpaired) electrons. The second kappa shape index (κ2) is 19.1. The van der Waals surface area contributed by atoms with Crippen LogP contribution in [0.5, 0.6) is 0 Å². The first-order valence-electron chi connectivity index (χ1n) is 11.8. The summed E-state index contributed by atoms with van der Waals surface area (Å²) in [5, 5.41) is 19.7. The summed E-state index contributed by atoms with van der Waals surface area (Å²) in [5.74, 6) is 1.02. The average Bonchev–Trinajstić information content (AvgIpc) is 2.78. The van der Waals surface area contributed by atoms with Crippen LogP contribution in [0.4, 0.5) is 0 Å². The molecule has 0 bridgehead atoms. The van der Waals surface area contributed by atoms with Crippen molar-refractivity contribution >= 4 is 0 Å². The Morgan fingerprint density at radius 3 is 1.45 bits per heavy atom. The van der Waals surface area contributed by atoms with E-state index in [9.17, 15) is 10.5 Å². The molecule has 5 nitrogen and oxygen atoms in total. The van der Waals surface area contributed by atoms with Crippen LogP contribution in [0.2, 0.25) is 0 Å². The molecule has 2 N–H and O–H groups in total. The van der Waals surface area contributed by atoms with E-state index in [4.69, 9.17) is 13.1 Å². The summed E-state index contributed by atoms with van der Waals surface area (Å²) in [7, 11) is 0. The molecule has 0 aromatic carbocycles. The monoisotopic (exact) mass is 452 g/mol. The molecule has 0 aromatic rings. The molecular formula is C23H48O5Ti. The van der Waals surface area contributed by atoms with Crippen molar-refractivity contribution in [2.24, 2.45) is 17.3 Å². The van der Waals surface area contributed by atoms with Crippen molar-refractivity contribution in [2.75, 3.05) is 6.61 Å². The van der Waals surface area contributed by atoms with E-state index in [1.165, 1.54) is 25.7 Å². The molecule has 0 amide bonds. The Hall–Kier alpha value is 0.354.